The lowest BCUT2D eigenvalue weighted by Gasteiger charge is -2.31. The lowest BCUT2D eigenvalue weighted by Crippen LogP contribution is -2.45. The molecule has 2 aliphatic rings. The lowest BCUT2D eigenvalue weighted by molar-refractivity contribution is -0.136. The molecule has 0 radical (unpaired) electrons. The van der Waals surface area contributed by atoms with Gasteiger partial charge in [-0.2, -0.15) is 15.5 Å². The van der Waals surface area contributed by atoms with Crippen LogP contribution in [0, 0.1) is 29.1 Å². The van der Waals surface area contributed by atoms with E-state index in [-0.39, 0.29) is 36.8 Å². The van der Waals surface area contributed by atoms with Crippen LogP contribution in [0.15, 0.2) is 107 Å². The number of amides is 3. The van der Waals surface area contributed by atoms with Gasteiger partial charge in [0.25, 0.3) is 17.0 Å². The number of likely N-dealkylation sites (tertiary alicyclic amines) is 1. The number of nitrogens with zero attached hydrogens (tertiary/aromatic N) is 8. The van der Waals surface area contributed by atoms with Gasteiger partial charge in [0.2, 0.25) is 11.8 Å². The molecule has 1 unspecified atom stereocenters. The maximum Gasteiger partial charge on any atom is 0.275 e. The van der Waals surface area contributed by atoms with Gasteiger partial charge in [-0.25, -0.2) is 19.3 Å². The summed E-state index contributed by atoms with van der Waals surface area (Å²) in [5, 5.41) is 24.3. The van der Waals surface area contributed by atoms with Crippen LogP contribution in [-0.2, 0) is 20.9 Å². The summed E-state index contributed by atoms with van der Waals surface area (Å²) in [5.41, 5.74) is 3.61. The van der Waals surface area contributed by atoms with Crippen LogP contribution in [0.3, 0.4) is 0 Å². The molecule has 1 atom stereocenters. The Morgan fingerprint density at radius 1 is 0.891 bits per heavy atom. The van der Waals surface area contributed by atoms with Crippen LogP contribution < -0.4 is 26.5 Å². The van der Waals surface area contributed by atoms with Crippen LogP contribution in [0.2, 0.25) is 0 Å². The van der Waals surface area contributed by atoms with E-state index in [0.29, 0.717) is 72.1 Å². The number of hydrogen-bond donors (Lipinski definition) is 2. The Morgan fingerprint density at radius 2 is 1.70 bits per heavy atom. The van der Waals surface area contributed by atoms with E-state index in [1.54, 1.807) is 54.9 Å². The lowest BCUT2D eigenvalue weighted by atomic mass is 9.98. The molecule has 322 valence electrons. The maximum atomic E-state index is 13.0. The third-order valence-corrected chi connectivity index (χ3v) is 11.2. The van der Waals surface area contributed by atoms with Gasteiger partial charge in [0.15, 0.2) is 11.6 Å². The number of nitriles is 1. The van der Waals surface area contributed by atoms with Crippen LogP contribution in [-0.4, -0.2) is 84.9 Å². The molecule has 3 aromatic heterocycles. The highest BCUT2D eigenvalue weighted by molar-refractivity contribution is 5.99. The monoisotopic (exact) mass is 856 g/mol. The summed E-state index contributed by atoms with van der Waals surface area (Å²) in [4.78, 5) is 73.4. The zero-order chi connectivity index (χ0) is 44.4. The van der Waals surface area contributed by atoms with Crippen molar-refractivity contribution in [3.63, 3.8) is 0 Å². The second kappa shape index (κ2) is 19.9. The van der Waals surface area contributed by atoms with Crippen molar-refractivity contribution < 1.29 is 19.1 Å². The fraction of sp³-hybridized carbons (Fsp3) is 0.292. The van der Waals surface area contributed by atoms with Crippen molar-refractivity contribution in [3.05, 3.63) is 135 Å². The van der Waals surface area contributed by atoms with E-state index in [1.165, 1.54) is 16.9 Å². The number of aromatic nitrogens is 6. The number of piperidine rings is 2. The third kappa shape index (κ3) is 10.6. The molecule has 0 bridgehead atoms. The van der Waals surface area contributed by atoms with E-state index in [4.69, 9.17) is 4.74 Å². The van der Waals surface area contributed by atoms with E-state index in [2.05, 4.69) is 53.6 Å². The molecular formula is C48H44N10O6. The van der Waals surface area contributed by atoms with E-state index < -0.39 is 17.5 Å². The average molecular weight is 857 g/mol. The normalized spacial score (nSPS) is 15.5. The molecular weight excluding hydrogens is 813 g/mol. The Labute approximate surface area is 367 Å². The van der Waals surface area contributed by atoms with Crippen molar-refractivity contribution >= 4 is 28.5 Å². The van der Waals surface area contributed by atoms with Crippen molar-refractivity contribution in [2.24, 2.45) is 5.92 Å². The van der Waals surface area contributed by atoms with Gasteiger partial charge in [0, 0.05) is 47.5 Å². The van der Waals surface area contributed by atoms with Crippen LogP contribution in [0.25, 0.3) is 33.4 Å². The van der Waals surface area contributed by atoms with Gasteiger partial charge in [0.05, 0.1) is 61.0 Å². The Bertz CT molecular complexity index is 2940. The van der Waals surface area contributed by atoms with Crippen molar-refractivity contribution in [2.75, 3.05) is 32.8 Å². The van der Waals surface area contributed by atoms with E-state index in [0.717, 1.165) is 52.9 Å². The predicted molar refractivity (Wildman–Crippen MR) is 236 cm³/mol. The van der Waals surface area contributed by atoms with Gasteiger partial charge in [-0.05, 0) is 92.7 Å². The molecule has 0 aliphatic carbocycles. The molecule has 2 aliphatic heterocycles. The minimum Gasteiger partial charge on any atom is -0.490 e. The Kier molecular flexibility index (Phi) is 13.3. The van der Waals surface area contributed by atoms with Crippen LogP contribution >= 0.6 is 0 Å². The Hall–Kier alpha value is -7.82. The largest absolute Gasteiger partial charge is 0.490 e. The number of ether oxygens (including phenoxy) is 1. The highest BCUT2D eigenvalue weighted by atomic mass is 16.5. The summed E-state index contributed by atoms with van der Waals surface area (Å²) >= 11 is 0. The molecule has 3 aromatic carbocycles. The van der Waals surface area contributed by atoms with Crippen LogP contribution in [0.4, 0.5) is 0 Å². The van der Waals surface area contributed by atoms with Crippen molar-refractivity contribution in [1.29, 1.82) is 5.26 Å². The highest BCUT2D eigenvalue weighted by Crippen LogP contribution is 2.23. The quantitative estimate of drug-likeness (QED) is 0.0960. The maximum absolute atomic E-state index is 13.0. The average Bonchev–Trinajstić information content (AvgIpc) is 3.31. The number of benzene rings is 3. The molecule has 2 saturated heterocycles. The molecule has 2 N–H and O–H groups in total. The first-order chi connectivity index (χ1) is 31.2. The third-order valence-electron chi connectivity index (χ3n) is 11.2. The summed E-state index contributed by atoms with van der Waals surface area (Å²) in [7, 11) is 0. The standard InChI is InChI=1S/C48H44N10O6/c49-25-34-7-4-9-36(23-34)41-13-16-45(61)57(55-41)29-35-8-5-10-37(24-35)46-51-27-39(28-52-46)64-31-33-17-20-56(21-18-33)30-44(60)50-19-3-1-2-6-32-11-12-40-38(22-32)26-53-58(48(40)63)42-14-15-43(59)54-47(42)62/h4-5,7-13,16,22-24,26-28,33,42H,1,3,14-15,17-21,29-31H2,(H,50,60)(H,54,59,62). The van der Waals surface area contributed by atoms with E-state index in [1.807, 2.05) is 30.3 Å². The van der Waals surface area contributed by atoms with Crippen LogP contribution in [0.1, 0.15) is 61.3 Å². The predicted octanol–water partition coefficient (Wildman–Crippen LogP) is 4.01. The Balaban J connectivity index is 0.733. The minimum absolute atomic E-state index is 0.0193. The molecule has 0 spiro atoms. The second-order valence-corrected chi connectivity index (χ2v) is 15.8. The fourth-order valence-corrected chi connectivity index (χ4v) is 7.72. The number of carbonyl (C=O) groups excluding carboxylic acids is 3. The summed E-state index contributed by atoms with van der Waals surface area (Å²) in [5.74, 6) is 6.79. The first-order valence-corrected chi connectivity index (χ1v) is 21.1. The van der Waals surface area contributed by atoms with Gasteiger partial charge in [0.1, 0.15) is 6.04 Å². The number of unbranched alkanes of at least 4 members (excludes halogenated alkanes) is 1. The summed E-state index contributed by atoms with van der Waals surface area (Å²) in [6.07, 6.45) is 8.33. The SMILES string of the molecule is N#Cc1cccc(-c2ccc(=O)n(Cc3cccc(-c4ncc(OCC5CCN(CC(=O)NCCCC#Cc6ccc7c(=O)n(C8CCC(=O)NC8=O)ncc7c6)CC5)cn4)c3)n2)c1. The molecule has 2 fully saturated rings. The first kappa shape index (κ1) is 42.9. The number of fused-ring (bicyclic) bond motifs is 1. The number of carbonyl (C=O) groups is 3. The zero-order valence-corrected chi connectivity index (χ0v) is 34.9. The Morgan fingerprint density at radius 3 is 2.52 bits per heavy atom. The minimum atomic E-state index is -0.819. The van der Waals surface area contributed by atoms with E-state index in [9.17, 15) is 29.2 Å². The molecule has 3 amide bonds. The molecule has 64 heavy (non-hydrogen) atoms. The van der Waals surface area contributed by atoms with Crippen LogP contribution in [0.5, 0.6) is 5.75 Å². The smallest absolute Gasteiger partial charge is 0.275 e. The summed E-state index contributed by atoms with van der Waals surface area (Å²) in [6, 6.07) is 24.4. The number of hydrogen-bond acceptors (Lipinski definition) is 12. The van der Waals surface area contributed by atoms with Crippen molar-refractivity contribution in [3.8, 4) is 46.3 Å². The topological polar surface area (TPSA) is 207 Å². The summed E-state index contributed by atoms with van der Waals surface area (Å²) < 4.78 is 8.60. The second-order valence-electron chi connectivity index (χ2n) is 15.8. The van der Waals surface area contributed by atoms with Crippen molar-refractivity contribution in [1.82, 2.24) is 45.1 Å². The molecule has 16 nitrogen and oxygen atoms in total. The van der Waals surface area contributed by atoms with Gasteiger partial charge < -0.3 is 10.1 Å². The molecule has 5 heterocycles. The molecule has 16 heteroatoms. The highest BCUT2D eigenvalue weighted by Gasteiger charge is 2.30. The van der Waals surface area contributed by atoms with Gasteiger partial charge in [-0.15, -0.1) is 0 Å². The van der Waals surface area contributed by atoms with Gasteiger partial charge in [-0.1, -0.05) is 42.2 Å². The number of imide groups is 1. The number of nitrogens with one attached hydrogen (secondary N) is 2. The zero-order valence-electron chi connectivity index (χ0n) is 34.9. The fourth-order valence-electron chi connectivity index (χ4n) is 7.72. The number of rotatable bonds is 13. The molecule has 6 aromatic rings. The molecule has 8 rings (SSSR count). The molecule has 0 saturated carbocycles. The van der Waals surface area contributed by atoms with Gasteiger partial charge in [-0.3, -0.25) is 34.2 Å². The van der Waals surface area contributed by atoms with E-state index >= 15 is 0 Å². The summed E-state index contributed by atoms with van der Waals surface area (Å²) in [6.45, 7) is 3.22. The van der Waals surface area contributed by atoms with Gasteiger partial charge >= 0.3 is 0 Å². The first-order valence-electron chi connectivity index (χ1n) is 21.1. The van der Waals surface area contributed by atoms with Crippen molar-refractivity contribution in [2.45, 2.75) is 51.1 Å².